The zero-order valence-electron chi connectivity index (χ0n) is 17.1. The Hall–Kier alpha value is -2.08. The second-order valence-electron chi connectivity index (χ2n) is 6.84. The number of carbonyl (C=O) groups excluding carboxylic acids is 1. The molecular formula is C20H35N5O. The van der Waals surface area contributed by atoms with Gasteiger partial charge in [-0.1, -0.05) is 12.1 Å². The number of guanidine groups is 1. The molecular weight excluding hydrogens is 326 g/mol. The molecule has 3 N–H and O–H groups in total. The van der Waals surface area contributed by atoms with Gasteiger partial charge in [0.2, 0.25) is 0 Å². The molecule has 146 valence electrons. The molecule has 1 aromatic carbocycles. The van der Waals surface area contributed by atoms with E-state index in [0.29, 0.717) is 30.7 Å². The topological polar surface area (TPSA) is 68.8 Å². The molecule has 0 unspecified atom stereocenters. The minimum absolute atomic E-state index is 0.0423. The molecule has 0 fully saturated rings. The van der Waals surface area contributed by atoms with E-state index in [4.69, 9.17) is 0 Å². The van der Waals surface area contributed by atoms with E-state index in [1.807, 2.05) is 31.2 Å². The van der Waals surface area contributed by atoms with Crippen LogP contribution >= 0.6 is 0 Å². The molecule has 1 rings (SSSR count). The van der Waals surface area contributed by atoms with E-state index >= 15 is 0 Å². The van der Waals surface area contributed by atoms with E-state index < -0.39 is 0 Å². The maximum absolute atomic E-state index is 11.9. The molecule has 26 heavy (non-hydrogen) atoms. The fraction of sp³-hybridized carbons (Fsp3) is 0.600. The molecule has 0 saturated heterocycles. The van der Waals surface area contributed by atoms with E-state index in [2.05, 4.69) is 53.5 Å². The van der Waals surface area contributed by atoms with E-state index in [1.165, 1.54) is 0 Å². The molecule has 0 bridgehead atoms. The van der Waals surface area contributed by atoms with Crippen LogP contribution in [0.25, 0.3) is 0 Å². The van der Waals surface area contributed by atoms with E-state index in [9.17, 15) is 4.79 Å². The molecule has 6 heteroatoms. The number of nitrogens with zero attached hydrogens (tertiary/aromatic N) is 2. The van der Waals surface area contributed by atoms with Crippen LogP contribution < -0.4 is 16.0 Å². The Morgan fingerprint density at radius 2 is 1.81 bits per heavy atom. The lowest BCUT2D eigenvalue weighted by molar-refractivity contribution is 0.0955. The monoisotopic (exact) mass is 361 g/mol. The largest absolute Gasteiger partial charge is 0.355 e. The predicted octanol–water partition coefficient (Wildman–Crippen LogP) is 2.22. The number of rotatable bonds is 9. The Morgan fingerprint density at radius 3 is 2.38 bits per heavy atom. The second-order valence-corrected chi connectivity index (χ2v) is 6.84. The van der Waals surface area contributed by atoms with Crippen LogP contribution in [0.3, 0.4) is 0 Å². The van der Waals surface area contributed by atoms with Crippen molar-refractivity contribution in [2.75, 3.05) is 26.7 Å². The van der Waals surface area contributed by atoms with E-state index in [1.54, 1.807) is 7.05 Å². The molecule has 1 amide bonds. The molecule has 6 nitrogen and oxygen atoms in total. The molecule has 0 aliphatic carbocycles. The van der Waals surface area contributed by atoms with E-state index in [-0.39, 0.29) is 5.91 Å². The minimum atomic E-state index is -0.0423. The average molecular weight is 362 g/mol. The van der Waals surface area contributed by atoms with Crippen LogP contribution in [0.4, 0.5) is 0 Å². The summed E-state index contributed by atoms with van der Waals surface area (Å²) in [6.07, 6.45) is 0. The lowest BCUT2D eigenvalue weighted by atomic mass is 10.1. The third kappa shape index (κ3) is 7.44. The highest BCUT2D eigenvalue weighted by Gasteiger charge is 2.12. The maximum atomic E-state index is 11.9. The van der Waals surface area contributed by atoms with Gasteiger partial charge in [0.1, 0.15) is 0 Å². The second kappa shape index (κ2) is 11.5. The smallest absolute Gasteiger partial charge is 0.251 e. The fourth-order valence-electron chi connectivity index (χ4n) is 2.91. The van der Waals surface area contributed by atoms with Crippen molar-refractivity contribution in [2.24, 2.45) is 4.99 Å². The first kappa shape index (κ1) is 22.0. The number of hydrogen-bond acceptors (Lipinski definition) is 3. The molecule has 0 saturated carbocycles. The zero-order chi connectivity index (χ0) is 19.5. The highest BCUT2D eigenvalue weighted by Crippen LogP contribution is 2.05. The van der Waals surface area contributed by atoms with Crippen LogP contribution in [0, 0.1) is 0 Å². The van der Waals surface area contributed by atoms with Gasteiger partial charge in [-0.25, -0.2) is 0 Å². The van der Waals surface area contributed by atoms with Crippen LogP contribution in [0.2, 0.25) is 0 Å². The van der Waals surface area contributed by atoms with Gasteiger partial charge in [-0.2, -0.15) is 0 Å². The van der Waals surface area contributed by atoms with Gasteiger partial charge in [-0.05, 0) is 52.3 Å². The van der Waals surface area contributed by atoms with Gasteiger partial charge >= 0.3 is 0 Å². The normalized spacial score (nSPS) is 12.0. The molecule has 1 aromatic rings. The quantitative estimate of drug-likeness (QED) is 0.466. The van der Waals surface area contributed by atoms with Gasteiger partial charge in [0.25, 0.3) is 5.91 Å². The third-order valence-corrected chi connectivity index (χ3v) is 4.20. The number of amides is 1. The van der Waals surface area contributed by atoms with Crippen LogP contribution in [0.15, 0.2) is 29.3 Å². The third-order valence-electron chi connectivity index (χ3n) is 4.20. The summed E-state index contributed by atoms with van der Waals surface area (Å²) >= 11 is 0. The first-order valence-electron chi connectivity index (χ1n) is 9.46. The van der Waals surface area contributed by atoms with Crippen molar-refractivity contribution in [2.45, 2.75) is 53.2 Å². The molecule has 0 aliphatic heterocycles. The van der Waals surface area contributed by atoms with Gasteiger partial charge in [-0.3, -0.25) is 14.7 Å². The van der Waals surface area contributed by atoms with Crippen molar-refractivity contribution in [1.82, 2.24) is 20.9 Å². The summed E-state index contributed by atoms with van der Waals surface area (Å²) in [6.45, 7) is 13.8. The standard InChI is InChI=1S/C20H35N5O/c1-7-22-19(26)18-10-8-9-17(13-18)14-24-20(21-6)23-11-12-25(15(2)3)16(4)5/h8-10,13,15-16H,7,11-12,14H2,1-6H3,(H,22,26)(H2,21,23,24). The fourth-order valence-corrected chi connectivity index (χ4v) is 2.91. The van der Waals surface area contributed by atoms with Gasteiger partial charge < -0.3 is 16.0 Å². The van der Waals surface area contributed by atoms with Crippen molar-refractivity contribution in [1.29, 1.82) is 0 Å². The maximum Gasteiger partial charge on any atom is 0.251 e. The van der Waals surface area contributed by atoms with Crippen molar-refractivity contribution in [3.05, 3.63) is 35.4 Å². The van der Waals surface area contributed by atoms with Crippen molar-refractivity contribution < 1.29 is 4.79 Å². The summed E-state index contributed by atoms with van der Waals surface area (Å²) in [6, 6.07) is 8.68. The Kier molecular flexibility index (Phi) is 9.73. The lowest BCUT2D eigenvalue weighted by Gasteiger charge is -2.30. The first-order chi connectivity index (χ1) is 12.4. The van der Waals surface area contributed by atoms with Gasteiger partial charge in [-0.15, -0.1) is 0 Å². The van der Waals surface area contributed by atoms with E-state index in [0.717, 1.165) is 24.6 Å². The first-order valence-corrected chi connectivity index (χ1v) is 9.46. The Morgan fingerprint density at radius 1 is 1.12 bits per heavy atom. The van der Waals surface area contributed by atoms with Gasteiger partial charge in [0.15, 0.2) is 5.96 Å². The molecule has 0 heterocycles. The minimum Gasteiger partial charge on any atom is -0.355 e. The number of benzene rings is 1. The predicted molar refractivity (Wildman–Crippen MR) is 110 cm³/mol. The highest BCUT2D eigenvalue weighted by molar-refractivity contribution is 5.94. The number of hydrogen-bond donors (Lipinski definition) is 3. The summed E-state index contributed by atoms with van der Waals surface area (Å²) in [4.78, 5) is 18.6. The summed E-state index contributed by atoms with van der Waals surface area (Å²) < 4.78 is 0. The van der Waals surface area contributed by atoms with Gasteiger partial charge in [0, 0.05) is 50.9 Å². The molecule has 0 radical (unpaired) electrons. The van der Waals surface area contributed by atoms with Crippen LogP contribution in [-0.4, -0.2) is 55.5 Å². The molecule has 0 atom stereocenters. The number of carbonyl (C=O) groups is 1. The van der Waals surface area contributed by atoms with Crippen molar-refractivity contribution in [3.63, 3.8) is 0 Å². The molecule has 0 spiro atoms. The average Bonchev–Trinajstić information content (AvgIpc) is 2.61. The summed E-state index contributed by atoms with van der Waals surface area (Å²) in [7, 11) is 1.77. The van der Waals surface area contributed by atoms with Crippen molar-refractivity contribution in [3.8, 4) is 0 Å². The Balaban J connectivity index is 2.52. The lowest BCUT2D eigenvalue weighted by Crippen LogP contribution is -2.45. The highest BCUT2D eigenvalue weighted by atomic mass is 16.1. The van der Waals surface area contributed by atoms with Crippen LogP contribution in [0.1, 0.15) is 50.5 Å². The number of aliphatic imine (C=N–C) groups is 1. The summed E-state index contributed by atoms with van der Waals surface area (Å²) in [5, 5.41) is 9.48. The Bertz CT molecular complexity index is 575. The van der Waals surface area contributed by atoms with Crippen molar-refractivity contribution >= 4 is 11.9 Å². The summed E-state index contributed by atoms with van der Waals surface area (Å²) in [5.74, 6) is 0.722. The zero-order valence-corrected chi connectivity index (χ0v) is 17.1. The Labute approximate surface area is 158 Å². The number of nitrogens with one attached hydrogen (secondary N) is 3. The summed E-state index contributed by atoms with van der Waals surface area (Å²) in [5.41, 5.74) is 1.72. The molecule has 0 aliphatic rings. The SMILES string of the molecule is CCNC(=O)c1cccc(CNC(=NC)NCCN(C(C)C)C(C)C)c1. The van der Waals surface area contributed by atoms with Gasteiger partial charge in [0.05, 0.1) is 0 Å². The van der Waals surface area contributed by atoms with Crippen LogP contribution in [-0.2, 0) is 6.54 Å². The molecule has 0 aromatic heterocycles. The van der Waals surface area contributed by atoms with Crippen LogP contribution in [0.5, 0.6) is 0 Å².